The highest BCUT2D eigenvalue weighted by Crippen LogP contribution is 2.09. The average Bonchev–Trinajstić information content (AvgIpc) is 2.64. The van der Waals surface area contributed by atoms with E-state index < -0.39 is 0 Å². The number of aryl methyl sites for hydroxylation is 1. The quantitative estimate of drug-likeness (QED) is 0.363. The molecule has 0 radical (unpaired) electrons. The molecule has 1 aromatic carbocycles. The van der Waals surface area contributed by atoms with E-state index >= 15 is 0 Å². The summed E-state index contributed by atoms with van der Waals surface area (Å²) < 4.78 is 0. The minimum absolute atomic E-state index is 0. The topological polar surface area (TPSA) is 42.9 Å². The first kappa shape index (κ1) is 23.2. The summed E-state index contributed by atoms with van der Waals surface area (Å²) in [6.45, 7) is 12.1. The molecule has 1 aromatic rings. The third-order valence-corrected chi connectivity index (χ3v) is 4.95. The number of hydrogen-bond acceptors (Lipinski definition) is 3. The molecule has 0 saturated carbocycles. The number of benzene rings is 1. The van der Waals surface area contributed by atoms with Crippen LogP contribution in [0.2, 0.25) is 0 Å². The number of rotatable bonds is 7. The van der Waals surface area contributed by atoms with E-state index in [1.54, 1.807) is 0 Å². The van der Waals surface area contributed by atoms with Gasteiger partial charge in [-0.1, -0.05) is 38.1 Å². The first-order chi connectivity index (χ1) is 12.1. The summed E-state index contributed by atoms with van der Waals surface area (Å²) in [5.41, 5.74) is 2.74. The van der Waals surface area contributed by atoms with Gasteiger partial charge in [0.15, 0.2) is 5.96 Å². The fraction of sp³-hybridized carbons (Fsp3) is 0.650. The Morgan fingerprint density at radius 3 is 2.38 bits per heavy atom. The zero-order chi connectivity index (χ0) is 18.1. The smallest absolute Gasteiger partial charge is 0.191 e. The summed E-state index contributed by atoms with van der Waals surface area (Å²) in [6, 6.07) is 8.60. The van der Waals surface area contributed by atoms with E-state index in [0.717, 1.165) is 32.0 Å². The molecule has 1 aliphatic rings. The summed E-state index contributed by atoms with van der Waals surface area (Å²) in [6.07, 6.45) is 1.06. The van der Waals surface area contributed by atoms with Crippen LogP contribution in [0.1, 0.15) is 25.0 Å². The summed E-state index contributed by atoms with van der Waals surface area (Å²) in [4.78, 5) is 9.33. The summed E-state index contributed by atoms with van der Waals surface area (Å²) in [7, 11) is 4.04. The van der Waals surface area contributed by atoms with E-state index in [0.29, 0.717) is 5.92 Å². The highest BCUT2D eigenvalue weighted by atomic mass is 127. The fourth-order valence-electron chi connectivity index (χ4n) is 3.28. The van der Waals surface area contributed by atoms with Crippen molar-refractivity contribution in [3.05, 3.63) is 35.4 Å². The molecule has 26 heavy (non-hydrogen) atoms. The summed E-state index contributed by atoms with van der Waals surface area (Å²) in [5, 5.41) is 6.92. The first-order valence-corrected chi connectivity index (χ1v) is 9.54. The number of likely N-dealkylation sites (N-methyl/N-ethyl adjacent to an activating group) is 1. The van der Waals surface area contributed by atoms with Crippen LogP contribution >= 0.6 is 24.0 Å². The number of guanidine groups is 1. The third kappa shape index (κ3) is 7.80. The molecule has 2 rings (SSSR count). The maximum atomic E-state index is 4.36. The van der Waals surface area contributed by atoms with Gasteiger partial charge in [0.2, 0.25) is 0 Å². The van der Waals surface area contributed by atoms with Crippen LogP contribution in [0, 0.1) is 5.92 Å². The van der Waals surface area contributed by atoms with Crippen LogP contribution in [0.4, 0.5) is 0 Å². The molecule has 0 aromatic heterocycles. The normalized spacial score (nSPS) is 17.5. The van der Waals surface area contributed by atoms with Crippen molar-refractivity contribution in [1.82, 2.24) is 20.4 Å². The minimum atomic E-state index is 0. The van der Waals surface area contributed by atoms with Gasteiger partial charge in [-0.05, 0) is 30.5 Å². The Bertz CT molecular complexity index is 541. The van der Waals surface area contributed by atoms with E-state index in [1.165, 1.54) is 37.3 Å². The molecule has 5 nitrogen and oxygen atoms in total. The Morgan fingerprint density at radius 1 is 1.12 bits per heavy atom. The van der Waals surface area contributed by atoms with E-state index in [9.17, 15) is 0 Å². The van der Waals surface area contributed by atoms with Crippen molar-refractivity contribution in [1.29, 1.82) is 0 Å². The van der Waals surface area contributed by atoms with E-state index in [4.69, 9.17) is 0 Å². The zero-order valence-corrected chi connectivity index (χ0v) is 19.1. The Kier molecular flexibility index (Phi) is 11.2. The van der Waals surface area contributed by atoms with Crippen LogP contribution in [0.5, 0.6) is 0 Å². The van der Waals surface area contributed by atoms with Gasteiger partial charge < -0.3 is 20.4 Å². The lowest BCUT2D eigenvalue weighted by Crippen LogP contribution is -2.47. The molecule has 1 unspecified atom stereocenters. The average molecular weight is 473 g/mol. The number of piperazine rings is 1. The minimum Gasteiger partial charge on any atom is -0.356 e. The van der Waals surface area contributed by atoms with Gasteiger partial charge in [-0.25, -0.2) is 0 Å². The van der Waals surface area contributed by atoms with Crippen molar-refractivity contribution in [2.75, 3.05) is 53.4 Å². The Hall–Kier alpha value is -0.860. The molecule has 0 spiro atoms. The van der Waals surface area contributed by atoms with Gasteiger partial charge >= 0.3 is 0 Å². The molecule has 1 atom stereocenters. The molecular weight excluding hydrogens is 437 g/mol. The van der Waals surface area contributed by atoms with Gasteiger partial charge in [0.1, 0.15) is 0 Å². The van der Waals surface area contributed by atoms with Crippen molar-refractivity contribution in [2.45, 2.75) is 26.8 Å². The summed E-state index contributed by atoms with van der Waals surface area (Å²) >= 11 is 0. The van der Waals surface area contributed by atoms with Crippen molar-refractivity contribution in [3.63, 3.8) is 0 Å². The SMILES string of the molecule is CCc1ccccc1CNC(=NC)NCC(C)CN1CCN(C)CC1.I. The highest BCUT2D eigenvalue weighted by molar-refractivity contribution is 14.0. The molecule has 148 valence electrons. The number of halogens is 1. The lowest BCUT2D eigenvalue weighted by Gasteiger charge is -2.34. The van der Waals surface area contributed by atoms with Gasteiger partial charge in [-0.2, -0.15) is 0 Å². The van der Waals surface area contributed by atoms with Crippen molar-refractivity contribution in [3.8, 4) is 0 Å². The van der Waals surface area contributed by atoms with Gasteiger partial charge in [-0.15, -0.1) is 24.0 Å². The predicted molar refractivity (Wildman–Crippen MR) is 123 cm³/mol. The first-order valence-electron chi connectivity index (χ1n) is 9.54. The lowest BCUT2D eigenvalue weighted by molar-refractivity contribution is 0.139. The van der Waals surface area contributed by atoms with Gasteiger partial charge in [0.25, 0.3) is 0 Å². The van der Waals surface area contributed by atoms with Gasteiger partial charge in [0.05, 0.1) is 0 Å². The second kappa shape index (κ2) is 12.5. The number of nitrogens with zero attached hydrogens (tertiary/aromatic N) is 3. The van der Waals surface area contributed by atoms with Crippen molar-refractivity contribution in [2.24, 2.45) is 10.9 Å². The fourth-order valence-corrected chi connectivity index (χ4v) is 3.28. The largest absolute Gasteiger partial charge is 0.356 e. The van der Waals surface area contributed by atoms with Crippen molar-refractivity contribution >= 4 is 29.9 Å². The third-order valence-electron chi connectivity index (χ3n) is 4.95. The van der Waals surface area contributed by atoms with Crippen LogP contribution in [0.3, 0.4) is 0 Å². The molecular formula is C20H36IN5. The zero-order valence-electron chi connectivity index (χ0n) is 16.8. The highest BCUT2D eigenvalue weighted by Gasteiger charge is 2.16. The molecule has 0 bridgehead atoms. The van der Waals surface area contributed by atoms with E-state index in [2.05, 4.69) is 70.6 Å². The molecule has 1 heterocycles. The van der Waals surface area contributed by atoms with Crippen LogP contribution in [0.15, 0.2) is 29.3 Å². The van der Waals surface area contributed by atoms with Gasteiger partial charge in [0, 0.05) is 52.9 Å². The Morgan fingerprint density at radius 2 is 1.77 bits per heavy atom. The van der Waals surface area contributed by atoms with Crippen molar-refractivity contribution < 1.29 is 0 Å². The van der Waals surface area contributed by atoms with Crippen LogP contribution in [-0.2, 0) is 13.0 Å². The molecule has 0 aliphatic carbocycles. The Labute approximate surface area is 176 Å². The predicted octanol–water partition coefficient (Wildman–Crippen LogP) is 2.42. The maximum Gasteiger partial charge on any atom is 0.191 e. The molecule has 6 heteroatoms. The Balaban J connectivity index is 0.00000338. The monoisotopic (exact) mass is 473 g/mol. The van der Waals surface area contributed by atoms with E-state index in [1.807, 2.05) is 7.05 Å². The molecule has 1 saturated heterocycles. The van der Waals surface area contributed by atoms with Crippen LogP contribution in [-0.4, -0.2) is 69.1 Å². The standard InChI is InChI=1S/C20H35N5.HI/c1-5-18-8-6-7-9-19(18)15-23-20(21-3)22-14-17(2)16-25-12-10-24(4)11-13-25;/h6-9,17H,5,10-16H2,1-4H3,(H2,21,22,23);1H. The molecule has 0 amide bonds. The second-order valence-corrected chi connectivity index (χ2v) is 7.14. The second-order valence-electron chi connectivity index (χ2n) is 7.14. The summed E-state index contributed by atoms with van der Waals surface area (Å²) in [5.74, 6) is 1.49. The number of hydrogen-bond donors (Lipinski definition) is 2. The molecule has 2 N–H and O–H groups in total. The molecule has 1 fully saturated rings. The lowest BCUT2D eigenvalue weighted by atomic mass is 10.1. The maximum absolute atomic E-state index is 4.36. The van der Waals surface area contributed by atoms with Gasteiger partial charge in [-0.3, -0.25) is 4.99 Å². The number of aliphatic imine (C=N–C) groups is 1. The molecule has 1 aliphatic heterocycles. The number of nitrogens with one attached hydrogen (secondary N) is 2. The van der Waals surface area contributed by atoms with Crippen LogP contribution in [0.25, 0.3) is 0 Å². The van der Waals surface area contributed by atoms with Crippen LogP contribution < -0.4 is 10.6 Å². The van der Waals surface area contributed by atoms with E-state index in [-0.39, 0.29) is 24.0 Å².